The molecule has 0 spiro atoms. The van der Waals surface area contributed by atoms with E-state index in [2.05, 4.69) is 53.1 Å². The quantitative estimate of drug-likeness (QED) is 0.714. The number of carbonyl (C=O) groups excluding carboxylic acids is 1. The predicted octanol–water partition coefficient (Wildman–Crippen LogP) is 4.05. The van der Waals surface area contributed by atoms with E-state index < -0.39 is 0 Å². The van der Waals surface area contributed by atoms with Gasteiger partial charge in [0.05, 0.1) is 0 Å². The average molecular weight is 306 g/mol. The Morgan fingerprint density at radius 3 is 2.13 bits per heavy atom. The summed E-state index contributed by atoms with van der Waals surface area (Å²) in [6.07, 6.45) is 2.01. The smallest absolute Gasteiger partial charge is 0.225 e. The van der Waals surface area contributed by atoms with Crippen LogP contribution in [-0.2, 0) is 11.3 Å². The van der Waals surface area contributed by atoms with Crippen LogP contribution in [-0.4, -0.2) is 28.5 Å². The Balaban J connectivity index is 1.59. The number of aromatic nitrogens is 1. The van der Waals surface area contributed by atoms with Gasteiger partial charge >= 0.3 is 0 Å². The van der Waals surface area contributed by atoms with Gasteiger partial charge in [-0.25, -0.2) is 0 Å². The summed E-state index contributed by atoms with van der Waals surface area (Å²) in [7, 11) is 0. The van der Waals surface area contributed by atoms with Crippen molar-refractivity contribution in [2.75, 3.05) is 13.1 Å². The number of aryl methyl sites for hydroxylation is 1. The lowest BCUT2D eigenvalue weighted by Crippen LogP contribution is -2.28. The molecule has 1 aromatic heterocycles. The lowest BCUT2D eigenvalue weighted by Gasteiger charge is -2.16. The zero-order valence-electron chi connectivity index (χ0n) is 13.5. The highest BCUT2D eigenvalue weighted by atomic mass is 16.2. The molecule has 0 aliphatic carbocycles. The van der Waals surface area contributed by atoms with Crippen LogP contribution in [0.5, 0.6) is 0 Å². The van der Waals surface area contributed by atoms with Crippen molar-refractivity contribution in [3.8, 4) is 0 Å². The second kappa shape index (κ2) is 5.73. The SMILES string of the molecule is CC1CCN(CCCn2c3ccccc3c3ccccc32)C1=O. The van der Waals surface area contributed by atoms with Crippen molar-refractivity contribution in [2.24, 2.45) is 5.92 Å². The van der Waals surface area contributed by atoms with E-state index in [1.54, 1.807) is 0 Å². The summed E-state index contributed by atoms with van der Waals surface area (Å²) in [6, 6.07) is 17.2. The van der Waals surface area contributed by atoms with Gasteiger partial charge in [-0.2, -0.15) is 0 Å². The maximum absolute atomic E-state index is 12.0. The van der Waals surface area contributed by atoms with Crippen LogP contribution in [0.15, 0.2) is 48.5 Å². The molecule has 3 heteroatoms. The van der Waals surface area contributed by atoms with Crippen molar-refractivity contribution in [3.05, 3.63) is 48.5 Å². The van der Waals surface area contributed by atoms with Gasteiger partial charge in [0.2, 0.25) is 5.91 Å². The molecule has 0 radical (unpaired) electrons. The third-order valence-electron chi connectivity index (χ3n) is 5.05. The van der Waals surface area contributed by atoms with Crippen LogP contribution < -0.4 is 0 Å². The Hall–Kier alpha value is -2.29. The molecule has 118 valence electrons. The molecular weight excluding hydrogens is 284 g/mol. The molecule has 3 aromatic rings. The molecule has 0 N–H and O–H groups in total. The minimum Gasteiger partial charge on any atom is -0.342 e. The number of likely N-dealkylation sites (tertiary alicyclic amines) is 1. The van der Waals surface area contributed by atoms with Gasteiger partial charge < -0.3 is 9.47 Å². The molecule has 2 heterocycles. The van der Waals surface area contributed by atoms with Gasteiger partial charge in [0, 0.05) is 47.4 Å². The van der Waals surface area contributed by atoms with Crippen LogP contribution in [0, 0.1) is 5.92 Å². The normalized spacial score (nSPS) is 18.4. The number of amides is 1. The molecule has 4 rings (SSSR count). The van der Waals surface area contributed by atoms with Crippen molar-refractivity contribution in [3.63, 3.8) is 0 Å². The average Bonchev–Trinajstić information content (AvgIpc) is 3.08. The molecule has 1 saturated heterocycles. The summed E-state index contributed by atoms with van der Waals surface area (Å²) in [5.41, 5.74) is 2.57. The van der Waals surface area contributed by atoms with Crippen LogP contribution in [0.25, 0.3) is 21.8 Å². The van der Waals surface area contributed by atoms with Crippen molar-refractivity contribution in [1.82, 2.24) is 9.47 Å². The third-order valence-corrected chi connectivity index (χ3v) is 5.05. The molecule has 0 bridgehead atoms. The van der Waals surface area contributed by atoms with Gasteiger partial charge in [0.25, 0.3) is 0 Å². The van der Waals surface area contributed by atoms with Crippen LogP contribution in [0.4, 0.5) is 0 Å². The second-order valence-corrected chi connectivity index (χ2v) is 6.55. The molecule has 1 fully saturated rings. The number of para-hydroxylation sites is 2. The maximum Gasteiger partial charge on any atom is 0.225 e. The van der Waals surface area contributed by atoms with Gasteiger partial charge in [0.15, 0.2) is 0 Å². The number of nitrogens with zero attached hydrogens (tertiary/aromatic N) is 2. The molecule has 1 amide bonds. The van der Waals surface area contributed by atoms with E-state index in [1.165, 1.54) is 21.8 Å². The number of fused-ring (bicyclic) bond motifs is 3. The number of hydrogen-bond acceptors (Lipinski definition) is 1. The van der Waals surface area contributed by atoms with E-state index in [0.717, 1.165) is 32.5 Å². The Kier molecular flexibility index (Phi) is 3.56. The second-order valence-electron chi connectivity index (χ2n) is 6.55. The molecule has 1 aliphatic rings. The molecule has 23 heavy (non-hydrogen) atoms. The van der Waals surface area contributed by atoms with E-state index in [4.69, 9.17) is 0 Å². The van der Waals surface area contributed by atoms with E-state index >= 15 is 0 Å². The molecule has 3 nitrogen and oxygen atoms in total. The number of hydrogen-bond donors (Lipinski definition) is 0. The third kappa shape index (κ3) is 2.40. The lowest BCUT2D eigenvalue weighted by atomic mass is 10.1. The molecule has 2 aromatic carbocycles. The van der Waals surface area contributed by atoms with Crippen molar-refractivity contribution < 1.29 is 4.79 Å². The van der Waals surface area contributed by atoms with E-state index in [1.807, 2.05) is 11.8 Å². The largest absolute Gasteiger partial charge is 0.342 e. The molecule has 1 aliphatic heterocycles. The zero-order chi connectivity index (χ0) is 15.8. The summed E-state index contributed by atoms with van der Waals surface area (Å²) >= 11 is 0. The Labute approximate surface area is 136 Å². The monoisotopic (exact) mass is 306 g/mol. The summed E-state index contributed by atoms with van der Waals surface area (Å²) in [6.45, 7) is 4.78. The summed E-state index contributed by atoms with van der Waals surface area (Å²) in [5.74, 6) is 0.537. The van der Waals surface area contributed by atoms with Crippen LogP contribution >= 0.6 is 0 Å². The zero-order valence-corrected chi connectivity index (χ0v) is 13.5. The van der Waals surface area contributed by atoms with Gasteiger partial charge in [-0.1, -0.05) is 43.3 Å². The fourth-order valence-electron chi connectivity index (χ4n) is 3.78. The maximum atomic E-state index is 12.0. The first-order valence-corrected chi connectivity index (χ1v) is 8.50. The topological polar surface area (TPSA) is 25.2 Å². The fourth-order valence-corrected chi connectivity index (χ4v) is 3.78. The highest BCUT2D eigenvalue weighted by Crippen LogP contribution is 2.29. The highest BCUT2D eigenvalue weighted by molar-refractivity contribution is 6.07. The molecular formula is C20H22N2O. The summed E-state index contributed by atoms with van der Waals surface area (Å²) in [4.78, 5) is 14.1. The summed E-state index contributed by atoms with van der Waals surface area (Å²) < 4.78 is 2.40. The fraction of sp³-hybridized carbons (Fsp3) is 0.350. The van der Waals surface area contributed by atoms with E-state index in [-0.39, 0.29) is 5.92 Å². The van der Waals surface area contributed by atoms with Crippen LogP contribution in [0.1, 0.15) is 19.8 Å². The number of benzene rings is 2. The first-order valence-electron chi connectivity index (χ1n) is 8.50. The van der Waals surface area contributed by atoms with Crippen LogP contribution in [0.3, 0.4) is 0 Å². The Morgan fingerprint density at radius 2 is 1.57 bits per heavy atom. The highest BCUT2D eigenvalue weighted by Gasteiger charge is 2.27. The first kappa shape index (κ1) is 14.3. The van der Waals surface area contributed by atoms with E-state index in [9.17, 15) is 4.79 Å². The van der Waals surface area contributed by atoms with E-state index in [0.29, 0.717) is 5.91 Å². The Bertz CT molecular complexity index is 811. The molecule has 0 saturated carbocycles. The minimum atomic E-state index is 0.211. The van der Waals surface area contributed by atoms with Crippen LogP contribution in [0.2, 0.25) is 0 Å². The van der Waals surface area contributed by atoms with Crippen molar-refractivity contribution >= 4 is 27.7 Å². The van der Waals surface area contributed by atoms with Gasteiger partial charge in [-0.3, -0.25) is 4.79 Å². The number of carbonyl (C=O) groups is 1. The summed E-state index contributed by atoms with van der Waals surface area (Å²) in [5, 5.41) is 2.63. The predicted molar refractivity (Wildman–Crippen MR) is 94.4 cm³/mol. The van der Waals surface area contributed by atoms with Gasteiger partial charge in [-0.05, 0) is 25.0 Å². The minimum absolute atomic E-state index is 0.211. The standard InChI is InChI=1S/C20H22N2O/c1-15-11-14-21(20(15)23)12-6-13-22-18-9-4-2-7-16(18)17-8-3-5-10-19(17)22/h2-5,7-10,15H,6,11-14H2,1H3. The van der Waals surface area contributed by atoms with Gasteiger partial charge in [0.1, 0.15) is 0 Å². The van der Waals surface area contributed by atoms with Crippen molar-refractivity contribution in [1.29, 1.82) is 0 Å². The molecule has 1 unspecified atom stereocenters. The Morgan fingerprint density at radius 1 is 0.957 bits per heavy atom. The lowest BCUT2D eigenvalue weighted by molar-refractivity contribution is -0.130. The molecule has 1 atom stereocenters. The van der Waals surface area contributed by atoms with Crippen molar-refractivity contribution in [2.45, 2.75) is 26.3 Å². The van der Waals surface area contributed by atoms with Gasteiger partial charge in [-0.15, -0.1) is 0 Å². The first-order chi connectivity index (χ1) is 11.3. The number of rotatable bonds is 4.